The van der Waals surface area contributed by atoms with Crippen LogP contribution in [0.4, 0.5) is 0 Å². The van der Waals surface area contributed by atoms with E-state index >= 15 is 0 Å². The van der Waals surface area contributed by atoms with E-state index in [4.69, 9.17) is 0 Å². The lowest BCUT2D eigenvalue weighted by Crippen LogP contribution is -1.86. The van der Waals surface area contributed by atoms with E-state index in [-0.39, 0.29) is 0 Å². The van der Waals surface area contributed by atoms with Crippen LogP contribution in [0.1, 0.15) is 32.1 Å². The monoisotopic (exact) mass is 186 g/mol. The van der Waals surface area contributed by atoms with Gasteiger partial charge in [0, 0.05) is 0 Å². The second-order valence-electron chi connectivity index (χ2n) is 3.06. The van der Waals surface area contributed by atoms with Gasteiger partial charge in [0.1, 0.15) is 0 Å². The standard InChI is InChI=1S/C8H11Br/c9-8-5-4-6-2-1-3-7(6)8/h6H,1-5H2. The van der Waals surface area contributed by atoms with Crippen molar-refractivity contribution in [3.8, 4) is 0 Å². The zero-order valence-electron chi connectivity index (χ0n) is 5.49. The first-order valence-corrected chi connectivity index (χ1v) is 4.54. The van der Waals surface area contributed by atoms with Crippen molar-refractivity contribution in [2.45, 2.75) is 32.1 Å². The molecule has 1 unspecified atom stereocenters. The Morgan fingerprint density at radius 1 is 1.22 bits per heavy atom. The molecule has 0 aromatic heterocycles. The zero-order valence-corrected chi connectivity index (χ0v) is 7.08. The molecule has 9 heavy (non-hydrogen) atoms. The molecule has 0 N–H and O–H groups in total. The van der Waals surface area contributed by atoms with Gasteiger partial charge in [-0.3, -0.25) is 0 Å². The van der Waals surface area contributed by atoms with Crippen molar-refractivity contribution in [2.24, 2.45) is 5.92 Å². The third kappa shape index (κ3) is 0.861. The van der Waals surface area contributed by atoms with Crippen molar-refractivity contribution in [3.63, 3.8) is 0 Å². The van der Waals surface area contributed by atoms with E-state index in [0.29, 0.717) is 0 Å². The average molecular weight is 187 g/mol. The van der Waals surface area contributed by atoms with Crippen molar-refractivity contribution in [1.82, 2.24) is 0 Å². The third-order valence-corrected chi connectivity index (χ3v) is 3.46. The van der Waals surface area contributed by atoms with Gasteiger partial charge in [0.25, 0.3) is 0 Å². The summed E-state index contributed by atoms with van der Waals surface area (Å²) in [6.07, 6.45) is 7.03. The highest BCUT2D eigenvalue weighted by molar-refractivity contribution is 9.11. The first-order valence-electron chi connectivity index (χ1n) is 3.75. The van der Waals surface area contributed by atoms with Crippen molar-refractivity contribution in [3.05, 3.63) is 10.1 Å². The van der Waals surface area contributed by atoms with Gasteiger partial charge < -0.3 is 0 Å². The van der Waals surface area contributed by atoms with Crippen LogP contribution in [0.15, 0.2) is 10.1 Å². The summed E-state index contributed by atoms with van der Waals surface area (Å²) in [7, 11) is 0. The predicted octanol–water partition coefficient (Wildman–Crippen LogP) is 3.23. The minimum absolute atomic E-state index is 0.986. The molecule has 2 aliphatic carbocycles. The molecule has 0 amide bonds. The maximum Gasteiger partial charge on any atom is -0.00543 e. The molecule has 0 aliphatic heterocycles. The van der Waals surface area contributed by atoms with E-state index in [1.54, 1.807) is 5.57 Å². The topological polar surface area (TPSA) is 0 Å². The highest BCUT2D eigenvalue weighted by Gasteiger charge is 2.27. The van der Waals surface area contributed by atoms with Gasteiger partial charge in [0.15, 0.2) is 0 Å². The second-order valence-corrected chi connectivity index (χ2v) is 4.02. The normalized spacial score (nSPS) is 33.7. The van der Waals surface area contributed by atoms with Crippen LogP contribution < -0.4 is 0 Å². The number of allylic oxidation sites excluding steroid dienone is 2. The Hall–Kier alpha value is 0.220. The lowest BCUT2D eigenvalue weighted by molar-refractivity contribution is 0.610. The maximum absolute atomic E-state index is 3.62. The molecule has 2 rings (SSSR count). The van der Waals surface area contributed by atoms with Crippen molar-refractivity contribution >= 4 is 15.9 Å². The third-order valence-electron chi connectivity index (χ3n) is 2.55. The second kappa shape index (κ2) is 2.12. The van der Waals surface area contributed by atoms with E-state index in [9.17, 15) is 0 Å². The smallest absolute Gasteiger partial charge is 0.00543 e. The zero-order chi connectivity index (χ0) is 6.27. The van der Waals surface area contributed by atoms with Gasteiger partial charge in [0.2, 0.25) is 0 Å². The minimum atomic E-state index is 0.986. The van der Waals surface area contributed by atoms with Crippen molar-refractivity contribution in [1.29, 1.82) is 0 Å². The van der Waals surface area contributed by atoms with Gasteiger partial charge >= 0.3 is 0 Å². The molecule has 50 valence electrons. The molecule has 0 radical (unpaired) electrons. The maximum atomic E-state index is 3.62. The predicted molar refractivity (Wildman–Crippen MR) is 42.5 cm³/mol. The molecule has 0 bridgehead atoms. The number of fused-ring (bicyclic) bond motifs is 1. The Labute approximate surface area is 64.5 Å². The molecular formula is C8H11Br. The first-order chi connectivity index (χ1) is 4.38. The lowest BCUT2D eigenvalue weighted by atomic mass is 10.1. The summed E-state index contributed by atoms with van der Waals surface area (Å²) in [6, 6.07) is 0. The summed E-state index contributed by atoms with van der Waals surface area (Å²) in [5.74, 6) is 0.986. The van der Waals surface area contributed by atoms with Crippen LogP contribution in [-0.2, 0) is 0 Å². The van der Waals surface area contributed by atoms with Gasteiger partial charge in [0.05, 0.1) is 0 Å². The molecule has 1 saturated carbocycles. The fourth-order valence-electron chi connectivity index (χ4n) is 2.05. The molecule has 0 nitrogen and oxygen atoms in total. The van der Waals surface area contributed by atoms with Crippen LogP contribution in [-0.4, -0.2) is 0 Å². The van der Waals surface area contributed by atoms with E-state index in [1.807, 2.05) is 0 Å². The Kier molecular flexibility index (Phi) is 1.40. The number of halogens is 1. The van der Waals surface area contributed by atoms with Gasteiger partial charge in [-0.1, -0.05) is 21.5 Å². The van der Waals surface area contributed by atoms with Crippen LogP contribution in [0.25, 0.3) is 0 Å². The summed E-state index contributed by atoms with van der Waals surface area (Å²) >= 11 is 3.62. The lowest BCUT2D eigenvalue weighted by Gasteiger charge is -1.99. The highest BCUT2D eigenvalue weighted by atomic mass is 79.9. The van der Waals surface area contributed by atoms with Gasteiger partial charge in [-0.25, -0.2) is 0 Å². The Balaban J connectivity index is 2.28. The average Bonchev–Trinajstić information content (AvgIpc) is 2.35. The molecule has 0 heterocycles. The molecule has 2 aliphatic rings. The number of hydrogen-bond acceptors (Lipinski definition) is 0. The van der Waals surface area contributed by atoms with E-state index in [0.717, 1.165) is 5.92 Å². The molecule has 1 atom stereocenters. The van der Waals surface area contributed by atoms with E-state index < -0.39 is 0 Å². The Bertz CT molecular complexity index is 158. The minimum Gasteiger partial charge on any atom is -0.0570 e. The van der Waals surface area contributed by atoms with E-state index in [2.05, 4.69) is 15.9 Å². The van der Waals surface area contributed by atoms with Gasteiger partial charge in [-0.05, 0) is 42.5 Å². The van der Waals surface area contributed by atoms with Crippen LogP contribution in [0.5, 0.6) is 0 Å². The van der Waals surface area contributed by atoms with Crippen LogP contribution >= 0.6 is 15.9 Å². The fourth-order valence-corrected chi connectivity index (χ4v) is 2.81. The molecule has 0 spiro atoms. The van der Waals surface area contributed by atoms with Crippen molar-refractivity contribution < 1.29 is 0 Å². The summed E-state index contributed by atoms with van der Waals surface area (Å²) in [4.78, 5) is 0. The molecule has 0 aromatic carbocycles. The highest BCUT2D eigenvalue weighted by Crippen LogP contribution is 2.45. The fraction of sp³-hybridized carbons (Fsp3) is 0.750. The van der Waals surface area contributed by atoms with Crippen LogP contribution in [0.2, 0.25) is 0 Å². The summed E-state index contributed by atoms with van der Waals surface area (Å²) < 4.78 is 1.53. The number of rotatable bonds is 0. The largest absolute Gasteiger partial charge is 0.0570 e. The number of hydrogen-bond donors (Lipinski definition) is 0. The quantitative estimate of drug-likeness (QED) is 0.546. The van der Waals surface area contributed by atoms with E-state index in [1.165, 1.54) is 36.6 Å². The van der Waals surface area contributed by atoms with Crippen LogP contribution in [0, 0.1) is 5.92 Å². The van der Waals surface area contributed by atoms with Crippen molar-refractivity contribution in [2.75, 3.05) is 0 Å². The summed E-state index contributed by atoms with van der Waals surface area (Å²) in [6.45, 7) is 0. The van der Waals surface area contributed by atoms with Gasteiger partial charge in [-0.15, -0.1) is 0 Å². The van der Waals surface area contributed by atoms with Crippen LogP contribution in [0.3, 0.4) is 0 Å². The molecule has 0 aromatic rings. The summed E-state index contributed by atoms with van der Waals surface area (Å²) in [5, 5.41) is 0. The molecule has 1 fully saturated rings. The molecule has 1 heteroatoms. The summed E-state index contributed by atoms with van der Waals surface area (Å²) in [5.41, 5.74) is 1.75. The molecule has 0 saturated heterocycles. The Morgan fingerprint density at radius 2 is 2.11 bits per heavy atom. The SMILES string of the molecule is BrC1=C2CCCC2CC1. The van der Waals surface area contributed by atoms with Gasteiger partial charge in [-0.2, -0.15) is 0 Å². The first kappa shape index (κ1) is 5.96. The molecular weight excluding hydrogens is 176 g/mol. The Morgan fingerprint density at radius 3 is 2.89 bits per heavy atom.